The zero-order valence-electron chi connectivity index (χ0n) is 8.17. The lowest BCUT2D eigenvalue weighted by Gasteiger charge is -2.16. The molecule has 9 nitrogen and oxygen atoms in total. The second-order valence-electron chi connectivity index (χ2n) is 2.73. The first-order valence-electron chi connectivity index (χ1n) is 3.59. The second kappa shape index (κ2) is 4.57. The molecule has 0 aliphatic heterocycles. The van der Waals surface area contributed by atoms with Gasteiger partial charge in [0.2, 0.25) is 0 Å². The van der Waals surface area contributed by atoms with Crippen molar-refractivity contribution in [3.8, 4) is 0 Å². The predicted octanol–water partition coefficient (Wildman–Crippen LogP) is -1.41. The number of carboxylic acid groups (broad SMARTS) is 2. The van der Waals surface area contributed by atoms with E-state index in [-0.39, 0.29) is 4.13 Å². The van der Waals surface area contributed by atoms with Crippen LogP contribution in [0, 0.1) is 0 Å². The van der Waals surface area contributed by atoms with Crippen LogP contribution in [-0.2, 0) is 29.6 Å². The van der Waals surface area contributed by atoms with Crippen molar-refractivity contribution in [2.24, 2.45) is 0 Å². The quantitative estimate of drug-likeness (QED) is 0.501. The summed E-state index contributed by atoms with van der Waals surface area (Å²) in [6, 6.07) is 0. The summed E-state index contributed by atoms with van der Waals surface area (Å²) in [5.74, 6) is -6.71. The van der Waals surface area contributed by atoms with Crippen molar-refractivity contribution in [1.29, 1.82) is 0 Å². The van der Waals surface area contributed by atoms with Gasteiger partial charge in [-0.3, -0.25) is 0 Å². The van der Waals surface area contributed by atoms with Crippen LogP contribution in [0.2, 0.25) is 0 Å². The molecule has 0 spiro atoms. The van der Waals surface area contributed by atoms with E-state index in [1.165, 1.54) is 0 Å². The first-order chi connectivity index (χ1) is 8.09. The summed E-state index contributed by atoms with van der Waals surface area (Å²) in [7, 11) is -13.3. The standard InChI is InChI=1S/C4H3F4NO8S2/c5-3(6,1(10)11)18(14,15)9-19(16,17)4(7,8)2(12)13/h9H,(H,10,11)(H,12,13). The van der Waals surface area contributed by atoms with Gasteiger partial charge in [-0.15, -0.1) is 0 Å². The van der Waals surface area contributed by atoms with E-state index < -0.39 is 42.5 Å². The van der Waals surface area contributed by atoms with Gasteiger partial charge in [0.15, 0.2) is 0 Å². The van der Waals surface area contributed by atoms with Gasteiger partial charge in [-0.25, -0.2) is 26.4 Å². The van der Waals surface area contributed by atoms with Crippen molar-refractivity contribution >= 4 is 32.0 Å². The van der Waals surface area contributed by atoms with E-state index in [1.807, 2.05) is 0 Å². The number of hydrogen-bond donors (Lipinski definition) is 3. The van der Waals surface area contributed by atoms with Gasteiger partial charge in [0.05, 0.1) is 0 Å². The number of alkyl halides is 4. The highest BCUT2D eigenvalue weighted by atomic mass is 32.3. The summed E-state index contributed by atoms with van der Waals surface area (Å²) in [4.78, 5) is 19.7. The van der Waals surface area contributed by atoms with Gasteiger partial charge in [0.25, 0.3) is 0 Å². The molecule has 112 valence electrons. The SMILES string of the molecule is O=C(O)C(F)(F)S(=O)(=O)NS(=O)(=O)C(F)(F)C(=O)O. The molecule has 0 aliphatic rings. The Kier molecular flexibility index (Phi) is 4.21. The topological polar surface area (TPSA) is 155 Å². The maximum atomic E-state index is 12.5. The van der Waals surface area contributed by atoms with Crippen LogP contribution < -0.4 is 4.13 Å². The molecule has 3 N–H and O–H groups in total. The third kappa shape index (κ3) is 2.92. The molecular formula is C4H3F4NO8S2. The maximum Gasteiger partial charge on any atom is 0.455 e. The molecule has 0 heterocycles. The van der Waals surface area contributed by atoms with Crippen molar-refractivity contribution in [2.45, 2.75) is 10.5 Å². The molecule has 0 unspecified atom stereocenters. The first-order valence-corrected chi connectivity index (χ1v) is 6.56. The number of carbonyl (C=O) groups is 2. The number of hydrogen-bond acceptors (Lipinski definition) is 6. The molecule has 0 aromatic rings. The van der Waals surface area contributed by atoms with E-state index in [0.717, 1.165) is 0 Å². The lowest BCUT2D eigenvalue weighted by atomic mass is 10.7. The molecule has 0 aromatic heterocycles. The third-order valence-corrected chi connectivity index (χ3v) is 4.85. The van der Waals surface area contributed by atoms with Crippen LogP contribution in [0.5, 0.6) is 0 Å². The van der Waals surface area contributed by atoms with Crippen molar-refractivity contribution in [3.63, 3.8) is 0 Å². The minimum Gasteiger partial charge on any atom is -0.476 e. The van der Waals surface area contributed by atoms with Crippen molar-refractivity contribution in [3.05, 3.63) is 0 Å². The van der Waals surface area contributed by atoms with Crippen LogP contribution in [0.3, 0.4) is 0 Å². The third-order valence-electron chi connectivity index (χ3n) is 1.39. The molecular weight excluding hydrogens is 330 g/mol. The Morgan fingerprint density at radius 3 is 1.16 bits per heavy atom. The maximum absolute atomic E-state index is 12.5. The fourth-order valence-corrected chi connectivity index (χ4v) is 2.93. The number of aliphatic carboxylic acids is 2. The highest BCUT2D eigenvalue weighted by Gasteiger charge is 2.61. The number of nitrogens with one attached hydrogen (secondary N) is 1. The Balaban J connectivity index is 5.75. The zero-order valence-corrected chi connectivity index (χ0v) is 9.81. The molecule has 0 bridgehead atoms. The molecule has 0 aromatic carbocycles. The minimum absolute atomic E-state index is 0.341. The zero-order chi connectivity index (χ0) is 15.9. The molecule has 0 saturated carbocycles. The highest BCUT2D eigenvalue weighted by Crippen LogP contribution is 2.26. The molecule has 0 fully saturated rings. The number of sulfonamides is 2. The van der Waals surface area contributed by atoms with E-state index in [2.05, 4.69) is 0 Å². The van der Waals surface area contributed by atoms with E-state index in [1.54, 1.807) is 0 Å². The number of carboxylic acids is 2. The Morgan fingerprint density at radius 2 is 1.00 bits per heavy atom. The van der Waals surface area contributed by atoms with Crippen molar-refractivity contribution in [1.82, 2.24) is 4.13 Å². The van der Waals surface area contributed by atoms with Gasteiger partial charge >= 0.3 is 42.5 Å². The molecule has 0 amide bonds. The van der Waals surface area contributed by atoms with Crippen LogP contribution in [0.25, 0.3) is 0 Å². The van der Waals surface area contributed by atoms with Crippen LogP contribution in [0.15, 0.2) is 0 Å². The lowest BCUT2D eigenvalue weighted by Crippen LogP contribution is -2.53. The van der Waals surface area contributed by atoms with Crippen LogP contribution in [0.4, 0.5) is 17.6 Å². The molecule has 0 radical (unpaired) electrons. The van der Waals surface area contributed by atoms with E-state index >= 15 is 0 Å². The molecule has 0 atom stereocenters. The van der Waals surface area contributed by atoms with Crippen LogP contribution >= 0.6 is 0 Å². The van der Waals surface area contributed by atoms with Crippen molar-refractivity contribution in [2.75, 3.05) is 0 Å². The molecule has 0 aliphatic carbocycles. The summed E-state index contributed by atoms with van der Waals surface area (Å²) in [5.41, 5.74) is 0. The van der Waals surface area contributed by atoms with Gasteiger partial charge in [-0.1, -0.05) is 4.13 Å². The smallest absolute Gasteiger partial charge is 0.455 e. The highest BCUT2D eigenvalue weighted by molar-refractivity contribution is 8.06. The van der Waals surface area contributed by atoms with E-state index in [0.29, 0.717) is 0 Å². The van der Waals surface area contributed by atoms with Crippen LogP contribution in [-0.4, -0.2) is 49.5 Å². The summed E-state index contributed by atoms with van der Waals surface area (Å²) in [6.45, 7) is 0. The lowest BCUT2D eigenvalue weighted by molar-refractivity contribution is -0.154. The van der Waals surface area contributed by atoms with Crippen molar-refractivity contribution < 1.29 is 54.2 Å². The number of rotatable bonds is 6. The molecule has 19 heavy (non-hydrogen) atoms. The molecule has 0 saturated heterocycles. The summed E-state index contributed by atoms with van der Waals surface area (Å²) in [6.07, 6.45) is 0. The first kappa shape index (κ1) is 17.5. The largest absolute Gasteiger partial charge is 0.476 e. The van der Waals surface area contributed by atoms with Gasteiger partial charge in [-0.2, -0.15) is 17.6 Å². The Labute approximate surface area is 101 Å². The summed E-state index contributed by atoms with van der Waals surface area (Å²) < 4.78 is 92.3. The number of halogens is 4. The Morgan fingerprint density at radius 1 is 0.789 bits per heavy atom. The minimum atomic E-state index is -6.65. The average Bonchev–Trinajstić information content (AvgIpc) is 2.14. The van der Waals surface area contributed by atoms with Gasteiger partial charge in [0.1, 0.15) is 0 Å². The van der Waals surface area contributed by atoms with E-state index in [9.17, 15) is 44.0 Å². The fourth-order valence-electron chi connectivity index (χ4n) is 0.479. The van der Waals surface area contributed by atoms with Crippen LogP contribution in [0.1, 0.15) is 0 Å². The monoisotopic (exact) mass is 333 g/mol. The van der Waals surface area contributed by atoms with E-state index in [4.69, 9.17) is 10.2 Å². The molecule has 15 heteroatoms. The Bertz CT molecular complexity index is 553. The summed E-state index contributed by atoms with van der Waals surface area (Å²) in [5, 5.41) is 4.10. The van der Waals surface area contributed by atoms with Gasteiger partial charge in [-0.05, 0) is 0 Å². The average molecular weight is 333 g/mol. The fraction of sp³-hybridized carbons (Fsp3) is 0.500. The molecule has 0 rings (SSSR count). The normalized spacial score (nSPS) is 14.1. The Hall–Kier alpha value is -1.48. The van der Waals surface area contributed by atoms with Gasteiger partial charge in [0, 0.05) is 0 Å². The summed E-state index contributed by atoms with van der Waals surface area (Å²) >= 11 is 0. The van der Waals surface area contributed by atoms with Gasteiger partial charge < -0.3 is 10.2 Å². The predicted molar refractivity (Wildman–Crippen MR) is 46.1 cm³/mol. The second-order valence-corrected chi connectivity index (χ2v) is 6.44.